The number of ether oxygens (including phenoxy) is 1. The quantitative estimate of drug-likeness (QED) is 0.611. The molecule has 0 saturated heterocycles. The second-order valence-electron chi connectivity index (χ2n) is 4.11. The van der Waals surface area contributed by atoms with E-state index >= 15 is 0 Å². The van der Waals surface area contributed by atoms with Crippen LogP contribution in [-0.4, -0.2) is 18.5 Å². The van der Waals surface area contributed by atoms with E-state index in [1.807, 2.05) is 12.1 Å². The number of rotatable bonds is 4. The smallest absolute Gasteiger partial charge is 0.340 e. The second kappa shape index (κ2) is 7.42. The number of anilines is 1. The van der Waals surface area contributed by atoms with Crippen LogP contribution in [0.1, 0.15) is 10.4 Å². The van der Waals surface area contributed by atoms with Gasteiger partial charge in [0, 0.05) is 9.26 Å². The summed E-state index contributed by atoms with van der Waals surface area (Å²) in [7, 11) is 0. The molecule has 0 bridgehead atoms. The van der Waals surface area contributed by atoms with Crippen molar-refractivity contribution in [1.82, 2.24) is 0 Å². The highest BCUT2D eigenvalue weighted by molar-refractivity contribution is 14.1. The summed E-state index contributed by atoms with van der Waals surface area (Å²) in [5.74, 6) is -1.03. The Kier molecular flexibility index (Phi) is 5.58. The van der Waals surface area contributed by atoms with Crippen molar-refractivity contribution in [3.8, 4) is 0 Å². The van der Waals surface area contributed by atoms with Gasteiger partial charge in [0.2, 0.25) is 0 Å². The maximum Gasteiger partial charge on any atom is 0.340 e. The molecule has 108 valence electrons. The third kappa shape index (κ3) is 4.71. The predicted molar refractivity (Wildman–Crippen MR) is 89.5 cm³/mol. The van der Waals surface area contributed by atoms with Crippen molar-refractivity contribution in [2.45, 2.75) is 0 Å². The largest absolute Gasteiger partial charge is 0.452 e. The van der Waals surface area contributed by atoms with E-state index in [-0.39, 0.29) is 12.2 Å². The van der Waals surface area contributed by atoms with Crippen LogP contribution in [0.25, 0.3) is 0 Å². The zero-order valence-corrected chi connectivity index (χ0v) is 13.7. The minimum atomic E-state index is -0.627. The summed E-state index contributed by atoms with van der Waals surface area (Å²) < 4.78 is 6.00. The SMILES string of the molecule is O=C(COC(=O)c1ccccc1Cl)Nc1ccc(I)cc1. The van der Waals surface area contributed by atoms with E-state index < -0.39 is 11.9 Å². The molecule has 21 heavy (non-hydrogen) atoms. The molecule has 0 aromatic heterocycles. The fourth-order valence-corrected chi connectivity index (χ4v) is 2.14. The summed E-state index contributed by atoms with van der Waals surface area (Å²) in [6.07, 6.45) is 0. The summed E-state index contributed by atoms with van der Waals surface area (Å²) in [5.41, 5.74) is 0.885. The first-order valence-corrected chi connectivity index (χ1v) is 7.49. The molecule has 2 aromatic carbocycles. The van der Waals surface area contributed by atoms with E-state index in [9.17, 15) is 9.59 Å². The van der Waals surface area contributed by atoms with Gasteiger partial charge in [0.05, 0.1) is 10.6 Å². The van der Waals surface area contributed by atoms with Gasteiger partial charge in [-0.3, -0.25) is 4.79 Å². The average Bonchev–Trinajstić information content (AvgIpc) is 2.48. The van der Waals surface area contributed by atoms with Crippen LogP contribution in [0.2, 0.25) is 5.02 Å². The fourth-order valence-electron chi connectivity index (χ4n) is 1.57. The minimum absolute atomic E-state index is 0.237. The van der Waals surface area contributed by atoms with Crippen LogP contribution in [0.15, 0.2) is 48.5 Å². The molecule has 4 nitrogen and oxygen atoms in total. The fraction of sp³-hybridized carbons (Fsp3) is 0.0667. The molecule has 0 saturated carbocycles. The van der Waals surface area contributed by atoms with E-state index in [4.69, 9.17) is 16.3 Å². The van der Waals surface area contributed by atoms with Crippen LogP contribution in [0, 0.1) is 3.57 Å². The summed E-state index contributed by atoms with van der Waals surface area (Å²) in [6, 6.07) is 13.8. The first kappa shape index (κ1) is 15.8. The third-order valence-electron chi connectivity index (χ3n) is 2.56. The lowest BCUT2D eigenvalue weighted by molar-refractivity contribution is -0.119. The summed E-state index contributed by atoms with van der Waals surface area (Å²) in [5, 5.41) is 2.93. The summed E-state index contributed by atoms with van der Waals surface area (Å²) in [4.78, 5) is 23.5. The number of amides is 1. The van der Waals surface area contributed by atoms with Gasteiger partial charge in [-0.15, -0.1) is 0 Å². The van der Waals surface area contributed by atoms with Crippen LogP contribution in [0.3, 0.4) is 0 Å². The molecule has 0 aliphatic rings. The van der Waals surface area contributed by atoms with Crippen molar-refractivity contribution in [3.63, 3.8) is 0 Å². The average molecular weight is 416 g/mol. The van der Waals surface area contributed by atoms with E-state index in [2.05, 4.69) is 27.9 Å². The molecule has 0 heterocycles. The van der Waals surface area contributed by atoms with Gasteiger partial charge in [-0.05, 0) is 59.0 Å². The van der Waals surface area contributed by atoms with Crippen LogP contribution >= 0.6 is 34.2 Å². The van der Waals surface area contributed by atoms with Gasteiger partial charge in [0.15, 0.2) is 6.61 Å². The lowest BCUT2D eigenvalue weighted by atomic mass is 10.2. The summed E-state index contributed by atoms with van der Waals surface area (Å²) in [6.45, 7) is -0.365. The van der Waals surface area contributed by atoms with Crippen LogP contribution < -0.4 is 5.32 Å². The van der Waals surface area contributed by atoms with E-state index in [1.54, 1.807) is 36.4 Å². The van der Waals surface area contributed by atoms with Gasteiger partial charge in [-0.2, -0.15) is 0 Å². The van der Waals surface area contributed by atoms with Crippen LogP contribution in [0.5, 0.6) is 0 Å². The number of hydrogen-bond donors (Lipinski definition) is 1. The molecule has 1 N–H and O–H groups in total. The molecule has 6 heteroatoms. The van der Waals surface area contributed by atoms with Gasteiger partial charge in [-0.1, -0.05) is 23.7 Å². The molecular formula is C15H11ClINO3. The number of nitrogens with one attached hydrogen (secondary N) is 1. The zero-order chi connectivity index (χ0) is 15.2. The normalized spacial score (nSPS) is 10.0. The van der Waals surface area contributed by atoms with Crippen molar-refractivity contribution in [3.05, 3.63) is 62.7 Å². The Morgan fingerprint density at radius 3 is 2.43 bits per heavy atom. The molecule has 0 radical (unpaired) electrons. The highest BCUT2D eigenvalue weighted by Crippen LogP contribution is 2.16. The minimum Gasteiger partial charge on any atom is -0.452 e. The number of carbonyl (C=O) groups excluding carboxylic acids is 2. The lowest BCUT2D eigenvalue weighted by Crippen LogP contribution is -2.21. The summed E-state index contributed by atoms with van der Waals surface area (Å²) >= 11 is 8.05. The highest BCUT2D eigenvalue weighted by atomic mass is 127. The van der Waals surface area contributed by atoms with Crippen molar-refractivity contribution in [2.24, 2.45) is 0 Å². The topological polar surface area (TPSA) is 55.4 Å². The predicted octanol–water partition coefficient (Wildman–Crippen LogP) is 3.74. The molecule has 2 aromatic rings. The monoisotopic (exact) mass is 415 g/mol. The number of carbonyl (C=O) groups is 2. The lowest BCUT2D eigenvalue weighted by Gasteiger charge is -2.07. The number of esters is 1. The Balaban J connectivity index is 1.88. The molecule has 0 atom stereocenters. The molecule has 0 spiro atoms. The van der Waals surface area contributed by atoms with E-state index in [0.717, 1.165) is 3.57 Å². The highest BCUT2D eigenvalue weighted by Gasteiger charge is 2.13. The van der Waals surface area contributed by atoms with Gasteiger partial charge in [0.25, 0.3) is 5.91 Å². The third-order valence-corrected chi connectivity index (χ3v) is 3.60. The zero-order valence-electron chi connectivity index (χ0n) is 10.8. The van der Waals surface area contributed by atoms with Crippen LogP contribution in [-0.2, 0) is 9.53 Å². The Morgan fingerprint density at radius 2 is 1.76 bits per heavy atom. The Morgan fingerprint density at radius 1 is 1.10 bits per heavy atom. The van der Waals surface area contributed by atoms with E-state index in [0.29, 0.717) is 10.7 Å². The Bertz CT molecular complexity index is 658. The van der Waals surface area contributed by atoms with Crippen molar-refractivity contribution < 1.29 is 14.3 Å². The number of hydrogen-bond acceptors (Lipinski definition) is 3. The van der Waals surface area contributed by atoms with Gasteiger partial charge in [0.1, 0.15) is 0 Å². The first-order valence-electron chi connectivity index (χ1n) is 6.03. The maximum absolute atomic E-state index is 11.8. The maximum atomic E-state index is 11.8. The first-order chi connectivity index (χ1) is 10.1. The Labute approximate surface area is 140 Å². The van der Waals surface area contributed by atoms with Crippen molar-refractivity contribution in [2.75, 3.05) is 11.9 Å². The standard InChI is InChI=1S/C15H11ClINO3/c16-13-4-2-1-3-12(13)15(20)21-9-14(19)18-11-7-5-10(17)6-8-11/h1-8H,9H2,(H,18,19). The number of benzene rings is 2. The Hall–Kier alpha value is -1.60. The molecule has 0 aliphatic carbocycles. The molecule has 1 amide bonds. The van der Waals surface area contributed by atoms with Gasteiger partial charge >= 0.3 is 5.97 Å². The van der Waals surface area contributed by atoms with Crippen molar-refractivity contribution >= 4 is 51.8 Å². The van der Waals surface area contributed by atoms with Crippen molar-refractivity contribution in [1.29, 1.82) is 0 Å². The van der Waals surface area contributed by atoms with E-state index in [1.165, 1.54) is 0 Å². The second-order valence-corrected chi connectivity index (χ2v) is 5.76. The van der Waals surface area contributed by atoms with Crippen LogP contribution in [0.4, 0.5) is 5.69 Å². The van der Waals surface area contributed by atoms with Gasteiger partial charge in [-0.25, -0.2) is 4.79 Å². The molecule has 0 fully saturated rings. The molecular weight excluding hydrogens is 405 g/mol. The number of halogens is 2. The molecule has 0 aliphatic heterocycles. The molecule has 0 unspecified atom stereocenters. The van der Waals surface area contributed by atoms with Gasteiger partial charge < -0.3 is 10.1 Å². The molecule has 2 rings (SSSR count).